The highest BCUT2D eigenvalue weighted by molar-refractivity contribution is 7.92. The third-order valence-corrected chi connectivity index (χ3v) is 5.19. The fraction of sp³-hybridized carbons (Fsp3) is 0.211. The van der Waals surface area contributed by atoms with E-state index in [9.17, 15) is 13.2 Å². The van der Waals surface area contributed by atoms with Crippen LogP contribution < -0.4 is 14.2 Å². The standard InChI is InChI=1S/C19H21NO6S/c1-4-14-7-5-6-8-15(14)20-27(23,24)17-12-13(9-10-18(21)22)11-16(25-2)19(17)26-3/h5-12,20H,4H2,1-3H3,(H,21,22)/b10-9+. The van der Waals surface area contributed by atoms with Crippen molar-refractivity contribution in [3.05, 3.63) is 53.6 Å². The maximum absolute atomic E-state index is 13.0. The second kappa shape index (κ2) is 8.59. The number of anilines is 1. The molecule has 0 amide bonds. The minimum Gasteiger partial charge on any atom is -0.493 e. The van der Waals surface area contributed by atoms with Crippen LogP contribution in [-0.4, -0.2) is 33.7 Å². The fourth-order valence-electron chi connectivity index (χ4n) is 2.54. The van der Waals surface area contributed by atoms with E-state index >= 15 is 0 Å². The summed E-state index contributed by atoms with van der Waals surface area (Å²) in [5.41, 5.74) is 1.65. The third-order valence-electron chi connectivity index (χ3n) is 3.82. The number of methoxy groups -OCH3 is 2. The summed E-state index contributed by atoms with van der Waals surface area (Å²) in [7, 11) is -1.31. The number of benzene rings is 2. The highest BCUT2D eigenvalue weighted by Crippen LogP contribution is 2.37. The first-order valence-corrected chi connectivity index (χ1v) is 9.58. The van der Waals surface area contributed by atoms with Gasteiger partial charge >= 0.3 is 5.97 Å². The van der Waals surface area contributed by atoms with Gasteiger partial charge in [0.1, 0.15) is 4.90 Å². The zero-order chi connectivity index (χ0) is 20.0. The Balaban J connectivity index is 2.59. The van der Waals surface area contributed by atoms with Crippen molar-refractivity contribution in [1.82, 2.24) is 0 Å². The van der Waals surface area contributed by atoms with Crippen LogP contribution in [0.15, 0.2) is 47.4 Å². The number of carboxylic acid groups (broad SMARTS) is 1. The van der Waals surface area contributed by atoms with E-state index in [1.54, 1.807) is 12.1 Å². The second-order valence-corrected chi connectivity index (χ2v) is 7.19. The number of hydrogen-bond acceptors (Lipinski definition) is 5. The number of para-hydroxylation sites is 1. The minimum absolute atomic E-state index is 0.0338. The number of nitrogens with one attached hydrogen (secondary N) is 1. The fourth-order valence-corrected chi connectivity index (χ4v) is 3.86. The molecular formula is C19H21NO6S. The van der Waals surface area contributed by atoms with E-state index in [2.05, 4.69) is 4.72 Å². The normalized spacial score (nSPS) is 11.4. The van der Waals surface area contributed by atoms with Gasteiger partial charge in [0.2, 0.25) is 0 Å². The van der Waals surface area contributed by atoms with Crippen LogP contribution in [-0.2, 0) is 21.2 Å². The molecule has 0 saturated heterocycles. The predicted molar refractivity (Wildman–Crippen MR) is 103 cm³/mol. The smallest absolute Gasteiger partial charge is 0.328 e. The molecule has 0 saturated carbocycles. The summed E-state index contributed by atoms with van der Waals surface area (Å²) in [4.78, 5) is 10.6. The molecule has 0 aliphatic heterocycles. The topological polar surface area (TPSA) is 102 Å². The van der Waals surface area contributed by atoms with Crippen LogP contribution in [0.5, 0.6) is 11.5 Å². The zero-order valence-electron chi connectivity index (χ0n) is 15.2. The average molecular weight is 391 g/mol. The Bertz CT molecular complexity index is 966. The van der Waals surface area contributed by atoms with Crippen molar-refractivity contribution in [3.8, 4) is 11.5 Å². The number of aliphatic carboxylic acids is 1. The largest absolute Gasteiger partial charge is 0.493 e. The van der Waals surface area contributed by atoms with Crippen molar-refractivity contribution in [2.45, 2.75) is 18.2 Å². The first kappa shape index (κ1) is 20.3. The van der Waals surface area contributed by atoms with Gasteiger partial charge in [0, 0.05) is 6.08 Å². The Hall–Kier alpha value is -3.00. The molecule has 2 aromatic rings. The maximum atomic E-state index is 13.0. The van der Waals surface area contributed by atoms with Gasteiger partial charge in [0.05, 0.1) is 19.9 Å². The van der Waals surface area contributed by atoms with Crippen molar-refractivity contribution in [3.63, 3.8) is 0 Å². The number of rotatable bonds is 8. The molecule has 8 heteroatoms. The first-order chi connectivity index (χ1) is 12.8. The van der Waals surface area contributed by atoms with Crippen molar-refractivity contribution in [2.75, 3.05) is 18.9 Å². The number of hydrogen-bond donors (Lipinski definition) is 2. The molecule has 27 heavy (non-hydrogen) atoms. The third kappa shape index (κ3) is 4.79. The predicted octanol–water partition coefficient (Wildman–Crippen LogP) is 3.16. The molecule has 0 fully saturated rings. The van der Waals surface area contributed by atoms with Crippen LogP contribution in [0, 0.1) is 0 Å². The Morgan fingerprint density at radius 3 is 2.48 bits per heavy atom. The van der Waals surface area contributed by atoms with Crippen LogP contribution in [0.25, 0.3) is 6.08 Å². The van der Waals surface area contributed by atoms with Crippen LogP contribution in [0.2, 0.25) is 0 Å². The van der Waals surface area contributed by atoms with E-state index in [1.807, 2.05) is 19.1 Å². The Labute approximate surface area is 158 Å². The van der Waals surface area contributed by atoms with E-state index in [4.69, 9.17) is 14.6 Å². The molecule has 144 valence electrons. The van der Waals surface area contributed by atoms with Crippen molar-refractivity contribution in [2.24, 2.45) is 0 Å². The van der Waals surface area contributed by atoms with Crippen molar-refractivity contribution >= 4 is 27.8 Å². The molecule has 7 nitrogen and oxygen atoms in total. The Kier molecular flexibility index (Phi) is 6.46. The summed E-state index contributed by atoms with van der Waals surface area (Å²) in [5.74, 6) is -0.940. The van der Waals surface area contributed by atoms with E-state index < -0.39 is 16.0 Å². The SMILES string of the molecule is CCc1ccccc1NS(=O)(=O)c1cc(/C=C/C(=O)O)cc(OC)c1OC. The van der Waals surface area contributed by atoms with Gasteiger partial charge in [-0.25, -0.2) is 13.2 Å². The Morgan fingerprint density at radius 2 is 1.89 bits per heavy atom. The van der Waals surface area contributed by atoms with Gasteiger partial charge in [-0.3, -0.25) is 4.72 Å². The van der Waals surface area contributed by atoms with Gasteiger partial charge in [-0.1, -0.05) is 25.1 Å². The van der Waals surface area contributed by atoms with E-state index in [1.165, 1.54) is 32.4 Å². The molecular weight excluding hydrogens is 370 g/mol. The highest BCUT2D eigenvalue weighted by Gasteiger charge is 2.24. The molecule has 0 heterocycles. The second-order valence-electron chi connectivity index (χ2n) is 5.54. The molecule has 2 aromatic carbocycles. The van der Waals surface area contributed by atoms with Crippen LogP contribution in [0.1, 0.15) is 18.1 Å². The molecule has 0 aromatic heterocycles. The van der Waals surface area contributed by atoms with Gasteiger partial charge in [-0.15, -0.1) is 0 Å². The molecule has 0 aliphatic rings. The minimum atomic E-state index is -4.02. The number of sulfonamides is 1. The number of carboxylic acids is 1. The van der Waals surface area contributed by atoms with Crippen LogP contribution in [0.3, 0.4) is 0 Å². The highest BCUT2D eigenvalue weighted by atomic mass is 32.2. The summed E-state index contributed by atoms with van der Waals surface area (Å²) in [5, 5.41) is 8.81. The average Bonchev–Trinajstić information content (AvgIpc) is 2.65. The molecule has 0 unspecified atom stereocenters. The van der Waals surface area contributed by atoms with E-state index in [0.29, 0.717) is 17.7 Å². The van der Waals surface area contributed by atoms with Gasteiger partial charge in [0.15, 0.2) is 11.5 Å². The summed E-state index contributed by atoms with van der Waals surface area (Å²) in [6.45, 7) is 1.92. The molecule has 0 bridgehead atoms. The molecule has 0 aliphatic carbocycles. The van der Waals surface area contributed by atoms with Crippen molar-refractivity contribution < 1.29 is 27.8 Å². The van der Waals surface area contributed by atoms with E-state index in [-0.39, 0.29) is 16.4 Å². The van der Waals surface area contributed by atoms with E-state index in [0.717, 1.165) is 11.6 Å². The van der Waals surface area contributed by atoms with Crippen molar-refractivity contribution in [1.29, 1.82) is 0 Å². The van der Waals surface area contributed by atoms with Crippen LogP contribution >= 0.6 is 0 Å². The number of carbonyl (C=O) groups is 1. The molecule has 0 atom stereocenters. The summed E-state index contributed by atoms with van der Waals surface area (Å²) >= 11 is 0. The Morgan fingerprint density at radius 1 is 1.19 bits per heavy atom. The molecule has 2 rings (SSSR count). The number of ether oxygens (including phenoxy) is 2. The van der Waals surface area contributed by atoms with Gasteiger partial charge in [0.25, 0.3) is 10.0 Å². The molecule has 2 N–H and O–H groups in total. The van der Waals surface area contributed by atoms with Gasteiger partial charge < -0.3 is 14.6 Å². The lowest BCUT2D eigenvalue weighted by atomic mass is 10.1. The first-order valence-electron chi connectivity index (χ1n) is 8.10. The van der Waals surface area contributed by atoms with Gasteiger partial charge in [-0.05, 0) is 41.8 Å². The lowest BCUT2D eigenvalue weighted by Gasteiger charge is -2.16. The summed E-state index contributed by atoms with van der Waals surface area (Å²) in [6, 6.07) is 9.91. The number of aryl methyl sites for hydroxylation is 1. The summed E-state index contributed by atoms with van der Waals surface area (Å²) < 4.78 is 39.1. The maximum Gasteiger partial charge on any atom is 0.328 e. The molecule has 0 spiro atoms. The quantitative estimate of drug-likeness (QED) is 0.670. The lowest BCUT2D eigenvalue weighted by Crippen LogP contribution is -2.16. The lowest BCUT2D eigenvalue weighted by molar-refractivity contribution is -0.131. The summed E-state index contributed by atoms with van der Waals surface area (Å²) in [6.07, 6.45) is 2.85. The zero-order valence-corrected chi connectivity index (χ0v) is 16.0. The monoisotopic (exact) mass is 391 g/mol. The van der Waals surface area contributed by atoms with Gasteiger partial charge in [-0.2, -0.15) is 0 Å². The molecule has 0 radical (unpaired) electrons. The van der Waals surface area contributed by atoms with Crippen LogP contribution in [0.4, 0.5) is 5.69 Å².